The summed E-state index contributed by atoms with van der Waals surface area (Å²) in [6, 6.07) is 6.21. The molecule has 1 unspecified atom stereocenters. The van der Waals surface area contributed by atoms with E-state index in [1.165, 1.54) is 6.33 Å². The first-order chi connectivity index (χ1) is 13.7. The molecule has 29 heavy (non-hydrogen) atoms. The van der Waals surface area contributed by atoms with Gasteiger partial charge in [-0.1, -0.05) is 0 Å². The third-order valence-electron chi connectivity index (χ3n) is 4.44. The lowest BCUT2D eigenvalue weighted by Crippen LogP contribution is -2.35. The SMILES string of the molecule is CCOc1ccc(Nc2ncnc3nc[nH]c23)cc1CN(CCCl)C(C)CCl.Cl. The second kappa shape index (κ2) is 11.4. The summed E-state index contributed by atoms with van der Waals surface area (Å²) in [7, 11) is 0. The minimum atomic E-state index is 0. The van der Waals surface area contributed by atoms with Crippen LogP contribution in [0, 0.1) is 0 Å². The molecule has 0 aliphatic carbocycles. The molecule has 7 nitrogen and oxygen atoms in total. The zero-order chi connectivity index (χ0) is 19.9. The molecule has 0 saturated heterocycles. The van der Waals surface area contributed by atoms with E-state index in [0.717, 1.165) is 29.1 Å². The first kappa shape index (κ1) is 23.5. The monoisotopic (exact) mass is 458 g/mol. The van der Waals surface area contributed by atoms with E-state index in [0.29, 0.717) is 36.4 Å². The Morgan fingerprint density at radius 3 is 2.79 bits per heavy atom. The van der Waals surface area contributed by atoms with Crippen LogP contribution in [0.1, 0.15) is 19.4 Å². The molecule has 0 aliphatic rings. The minimum absolute atomic E-state index is 0. The lowest BCUT2D eigenvalue weighted by molar-refractivity contribution is 0.224. The Morgan fingerprint density at radius 2 is 2.07 bits per heavy atom. The highest BCUT2D eigenvalue weighted by Gasteiger charge is 2.16. The molecule has 0 spiro atoms. The number of hydrogen-bond acceptors (Lipinski definition) is 6. The molecule has 0 amide bonds. The second-order valence-corrected chi connectivity index (χ2v) is 7.05. The van der Waals surface area contributed by atoms with Gasteiger partial charge in [-0.15, -0.1) is 35.6 Å². The minimum Gasteiger partial charge on any atom is -0.494 e. The summed E-state index contributed by atoms with van der Waals surface area (Å²) in [5.41, 5.74) is 3.34. The number of alkyl halides is 2. The lowest BCUT2D eigenvalue weighted by Gasteiger charge is -2.28. The maximum atomic E-state index is 6.08. The molecule has 1 atom stereocenters. The lowest BCUT2D eigenvalue weighted by atomic mass is 10.1. The fraction of sp³-hybridized carbons (Fsp3) is 0.421. The van der Waals surface area contributed by atoms with Crippen LogP contribution < -0.4 is 10.1 Å². The highest BCUT2D eigenvalue weighted by Crippen LogP contribution is 2.28. The number of anilines is 2. The molecule has 0 fully saturated rings. The molecule has 1 aromatic carbocycles. The van der Waals surface area contributed by atoms with Gasteiger partial charge in [0.1, 0.15) is 17.6 Å². The van der Waals surface area contributed by atoms with E-state index in [2.05, 4.69) is 43.1 Å². The second-order valence-electron chi connectivity index (χ2n) is 6.37. The van der Waals surface area contributed by atoms with E-state index in [9.17, 15) is 0 Å². The third-order valence-corrected chi connectivity index (χ3v) is 5.05. The Hall–Kier alpha value is -1.80. The predicted octanol–water partition coefficient (Wildman–Crippen LogP) is 4.59. The van der Waals surface area contributed by atoms with Crippen LogP contribution in [-0.4, -0.2) is 55.8 Å². The number of halogens is 3. The van der Waals surface area contributed by atoms with Crippen LogP contribution in [-0.2, 0) is 6.54 Å². The van der Waals surface area contributed by atoms with Crippen LogP contribution in [0.15, 0.2) is 30.9 Å². The van der Waals surface area contributed by atoms with E-state index >= 15 is 0 Å². The topological polar surface area (TPSA) is 79.0 Å². The van der Waals surface area contributed by atoms with Crippen LogP contribution in [0.2, 0.25) is 0 Å². The summed E-state index contributed by atoms with van der Waals surface area (Å²) in [6.07, 6.45) is 3.09. The van der Waals surface area contributed by atoms with E-state index in [1.807, 2.05) is 19.1 Å². The Bertz CT molecular complexity index is 907. The van der Waals surface area contributed by atoms with E-state index in [1.54, 1.807) is 6.33 Å². The van der Waals surface area contributed by atoms with Crippen LogP contribution in [0.25, 0.3) is 11.2 Å². The maximum Gasteiger partial charge on any atom is 0.182 e. The van der Waals surface area contributed by atoms with Crippen molar-refractivity contribution in [1.82, 2.24) is 24.8 Å². The van der Waals surface area contributed by atoms with Gasteiger partial charge in [-0.05, 0) is 32.0 Å². The van der Waals surface area contributed by atoms with Crippen molar-refractivity contribution in [2.24, 2.45) is 0 Å². The van der Waals surface area contributed by atoms with Gasteiger partial charge >= 0.3 is 0 Å². The fourth-order valence-electron chi connectivity index (χ4n) is 2.95. The Morgan fingerprint density at radius 1 is 1.24 bits per heavy atom. The van der Waals surface area contributed by atoms with Crippen molar-refractivity contribution in [2.45, 2.75) is 26.4 Å². The van der Waals surface area contributed by atoms with Crippen molar-refractivity contribution < 1.29 is 4.74 Å². The van der Waals surface area contributed by atoms with Crippen molar-refractivity contribution in [2.75, 3.05) is 30.2 Å². The highest BCUT2D eigenvalue weighted by molar-refractivity contribution is 6.18. The van der Waals surface area contributed by atoms with Crippen LogP contribution in [0.5, 0.6) is 5.75 Å². The number of benzene rings is 1. The fourth-order valence-corrected chi connectivity index (χ4v) is 3.37. The van der Waals surface area contributed by atoms with Gasteiger partial charge in [0.15, 0.2) is 11.5 Å². The largest absolute Gasteiger partial charge is 0.494 e. The first-order valence-electron chi connectivity index (χ1n) is 9.19. The number of aromatic amines is 1. The number of imidazole rings is 1. The van der Waals surface area contributed by atoms with Crippen molar-refractivity contribution in [3.63, 3.8) is 0 Å². The summed E-state index contributed by atoms with van der Waals surface area (Å²) in [5.74, 6) is 2.60. The summed E-state index contributed by atoms with van der Waals surface area (Å²) in [5, 5.41) is 3.34. The van der Waals surface area contributed by atoms with Gasteiger partial charge in [-0.25, -0.2) is 15.0 Å². The van der Waals surface area contributed by atoms with Crippen molar-refractivity contribution in [1.29, 1.82) is 0 Å². The van der Waals surface area contributed by atoms with Gasteiger partial charge < -0.3 is 15.0 Å². The molecule has 2 N–H and O–H groups in total. The summed E-state index contributed by atoms with van der Waals surface area (Å²) < 4.78 is 5.83. The standard InChI is InChI=1S/C19H24Cl2N6O.ClH/c1-3-28-16-5-4-15(8-14(16)10-27(7-6-20)13(2)9-21)26-19-17-18(23-11-22-17)24-12-25-19;/h4-5,8,11-13H,3,6-7,9-10H2,1-2H3,(H2,22,23,24,25,26);1H. The normalized spacial score (nSPS) is 12.0. The molecular formula is C19H25Cl3N6O. The van der Waals surface area contributed by atoms with E-state index in [-0.39, 0.29) is 18.4 Å². The highest BCUT2D eigenvalue weighted by atomic mass is 35.5. The number of nitrogens with one attached hydrogen (secondary N) is 2. The van der Waals surface area contributed by atoms with Gasteiger partial charge in [0.2, 0.25) is 0 Å². The quantitative estimate of drug-likeness (QED) is 0.432. The molecule has 10 heteroatoms. The van der Waals surface area contributed by atoms with Crippen molar-refractivity contribution in [3.05, 3.63) is 36.4 Å². The molecule has 3 aromatic rings. The number of fused-ring (bicyclic) bond motifs is 1. The molecular weight excluding hydrogens is 435 g/mol. The van der Waals surface area contributed by atoms with Crippen LogP contribution >= 0.6 is 35.6 Å². The number of nitrogens with zero attached hydrogens (tertiary/aromatic N) is 4. The van der Waals surface area contributed by atoms with Crippen molar-refractivity contribution in [3.8, 4) is 5.75 Å². The smallest absolute Gasteiger partial charge is 0.182 e. The molecule has 0 saturated carbocycles. The van der Waals surface area contributed by atoms with Gasteiger partial charge in [-0.2, -0.15) is 0 Å². The molecule has 2 heterocycles. The number of H-pyrrole nitrogens is 1. The molecule has 0 aliphatic heterocycles. The molecule has 2 aromatic heterocycles. The van der Waals surface area contributed by atoms with Crippen molar-refractivity contribution >= 4 is 58.3 Å². The molecule has 3 rings (SSSR count). The van der Waals surface area contributed by atoms with Gasteiger partial charge in [0.05, 0.1) is 12.9 Å². The van der Waals surface area contributed by atoms with E-state index in [4.69, 9.17) is 27.9 Å². The number of aromatic nitrogens is 4. The van der Waals surface area contributed by atoms with E-state index < -0.39 is 0 Å². The van der Waals surface area contributed by atoms with Gasteiger partial charge in [0, 0.05) is 42.1 Å². The molecule has 0 bridgehead atoms. The summed E-state index contributed by atoms with van der Waals surface area (Å²) in [6.45, 7) is 6.11. The first-order valence-corrected chi connectivity index (χ1v) is 10.3. The summed E-state index contributed by atoms with van der Waals surface area (Å²) in [4.78, 5) is 17.9. The number of rotatable bonds is 10. The third kappa shape index (κ3) is 5.85. The van der Waals surface area contributed by atoms with Gasteiger partial charge in [-0.3, -0.25) is 4.90 Å². The molecule has 0 radical (unpaired) electrons. The predicted molar refractivity (Wildman–Crippen MR) is 121 cm³/mol. The number of hydrogen-bond donors (Lipinski definition) is 2. The Labute approximate surface area is 186 Å². The number of ether oxygens (including phenoxy) is 1. The van der Waals surface area contributed by atoms with Crippen LogP contribution in [0.3, 0.4) is 0 Å². The Kier molecular flexibility index (Phi) is 9.23. The van der Waals surface area contributed by atoms with Crippen LogP contribution in [0.4, 0.5) is 11.5 Å². The average Bonchev–Trinajstić information content (AvgIpc) is 3.19. The average molecular weight is 460 g/mol. The zero-order valence-electron chi connectivity index (χ0n) is 16.4. The maximum absolute atomic E-state index is 6.08. The Balaban J connectivity index is 0.00000300. The van der Waals surface area contributed by atoms with Gasteiger partial charge in [0.25, 0.3) is 0 Å². The summed E-state index contributed by atoms with van der Waals surface area (Å²) >= 11 is 12.1. The molecule has 158 valence electrons. The zero-order valence-corrected chi connectivity index (χ0v) is 18.7.